The number of nitrogens with one attached hydrogen (secondary N) is 1. The van der Waals surface area contributed by atoms with Crippen LogP contribution in [0, 0.1) is 5.82 Å². The van der Waals surface area contributed by atoms with Gasteiger partial charge in [-0.3, -0.25) is 9.59 Å². The third kappa shape index (κ3) is 4.63. The van der Waals surface area contributed by atoms with Gasteiger partial charge < -0.3 is 10.1 Å². The molecule has 120 valence electrons. The molecule has 0 fully saturated rings. The summed E-state index contributed by atoms with van der Waals surface area (Å²) in [5.41, 5.74) is 1.09. The fraction of sp³-hybridized carbons (Fsp3) is 0.176. The summed E-state index contributed by atoms with van der Waals surface area (Å²) in [6, 6.07) is 10.8. The number of hydrogen-bond donors (Lipinski definition) is 1. The number of benzene rings is 2. The molecule has 0 bridgehead atoms. The lowest BCUT2D eigenvalue weighted by atomic mass is 10.1. The molecule has 0 aliphatic carbocycles. The first-order valence-corrected chi connectivity index (χ1v) is 7.69. The first-order valence-electron chi connectivity index (χ1n) is 6.90. The summed E-state index contributed by atoms with van der Waals surface area (Å²) in [6.45, 7) is 3.00. The molecular formula is C17H15BrFNO3. The van der Waals surface area contributed by atoms with E-state index in [0.29, 0.717) is 15.7 Å². The molecule has 0 aliphatic rings. The Balaban J connectivity index is 2.00. The van der Waals surface area contributed by atoms with Crippen molar-refractivity contribution >= 4 is 33.3 Å². The van der Waals surface area contributed by atoms with Gasteiger partial charge in [-0.1, -0.05) is 15.9 Å². The predicted molar refractivity (Wildman–Crippen MR) is 89.3 cm³/mol. The molecule has 2 rings (SSSR count). The summed E-state index contributed by atoms with van der Waals surface area (Å²) in [4.78, 5) is 23.3. The van der Waals surface area contributed by atoms with Gasteiger partial charge in [0.15, 0.2) is 23.5 Å². The Bertz CT molecular complexity index is 731. The summed E-state index contributed by atoms with van der Waals surface area (Å²) < 4.78 is 19.6. The van der Waals surface area contributed by atoms with E-state index in [0.717, 1.165) is 0 Å². The van der Waals surface area contributed by atoms with E-state index < -0.39 is 17.8 Å². The number of Topliss-reactive ketones (excluding diaryl/α,β-unsaturated/α-hetero) is 1. The fourth-order valence-corrected chi connectivity index (χ4v) is 2.18. The molecule has 23 heavy (non-hydrogen) atoms. The largest absolute Gasteiger partial charge is 0.478 e. The van der Waals surface area contributed by atoms with Gasteiger partial charge in [-0.2, -0.15) is 0 Å². The van der Waals surface area contributed by atoms with Gasteiger partial charge in [-0.05, 0) is 56.3 Å². The fourth-order valence-electron chi connectivity index (χ4n) is 1.85. The Morgan fingerprint density at radius 3 is 2.39 bits per heavy atom. The molecule has 2 aromatic carbocycles. The van der Waals surface area contributed by atoms with E-state index in [1.165, 1.54) is 26.0 Å². The average molecular weight is 380 g/mol. The Morgan fingerprint density at radius 1 is 1.17 bits per heavy atom. The highest BCUT2D eigenvalue weighted by Crippen LogP contribution is 2.22. The van der Waals surface area contributed by atoms with Crippen LogP contribution in [0.4, 0.5) is 10.1 Å². The van der Waals surface area contributed by atoms with Crippen molar-refractivity contribution in [1.29, 1.82) is 0 Å². The minimum atomic E-state index is -0.877. The first kappa shape index (κ1) is 17.1. The number of ketones is 1. The van der Waals surface area contributed by atoms with Crippen LogP contribution < -0.4 is 10.1 Å². The zero-order chi connectivity index (χ0) is 17.0. The zero-order valence-electron chi connectivity index (χ0n) is 12.6. The molecule has 0 heterocycles. The van der Waals surface area contributed by atoms with E-state index >= 15 is 0 Å². The Kier molecular flexibility index (Phi) is 5.50. The lowest BCUT2D eigenvalue weighted by Gasteiger charge is -2.15. The monoisotopic (exact) mass is 379 g/mol. The van der Waals surface area contributed by atoms with E-state index in [1.54, 1.807) is 30.3 Å². The van der Waals surface area contributed by atoms with Crippen molar-refractivity contribution in [2.24, 2.45) is 0 Å². The van der Waals surface area contributed by atoms with Gasteiger partial charge in [0, 0.05) is 15.7 Å². The van der Waals surface area contributed by atoms with Crippen molar-refractivity contribution in [3.63, 3.8) is 0 Å². The van der Waals surface area contributed by atoms with Gasteiger partial charge in [0.05, 0.1) is 0 Å². The van der Waals surface area contributed by atoms with Gasteiger partial charge in [0.2, 0.25) is 0 Å². The number of amides is 1. The molecule has 2 aromatic rings. The number of rotatable bonds is 5. The second kappa shape index (κ2) is 7.37. The first-order chi connectivity index (χ1) is 10.9. The van der Waals surface area contributed by atoms with Crippen molar-refractivity contribution < 1.29 is 18.7 Å². The number of carbonyl (C=O) groups excluding carboxylic acids is 2. The Labute approximate surface area is 141 Å². The second-order valence-corrected chi connectivity index (χ2v) is 5.87. The minimum Gasteiger partial charge on any atom is -0.478 e. The van der Waals surface area contributed by atoms with E-state index in [4.69, 9.17) is 4.74 Å². The molecule has 0 aliphatic heterocycles. The SMILES string of the molecule is CC(=O)c1ccc(NC(=O)[C@@H](C)Oc2ccc(Br)cc2F)cc1. The van der Waals surface area contributed by atoms with Crippen LogP contribution in [-0.4, -0.2) is 17.8 Å². The molecule has 0 saturated heterocycles. The molecule has 4 nitrogen and oxygen atoms in total. The molecule has 0 aromatic heterocycles. The summed E-state index contributed by atoms with van der Waals surface area (Å²) in [7, 11) is 0. The number of hydrogen-bond acceptors (Lipinski definition) is 3. The lowest BCUT2D eigenvalue weighted by Crippen LogP contribution is -2.30. The van der Waals surface area contributed by atoms with E-state index in [1.807, 2.05) is 0 Å². The van der Waals surface area contributed by atoms with Crippen molar-refractivity contribution in [3.05, 3.63) is 58.3 Å². The standard InChI is InChI=1S/C17H15BrFNO3/c1-10(21)12-3-6-14(7-4-12)20-17(22)11(2)23-16-8-5-13(18)9-15(16)19/h3-9,11H,1-2H3,(H,20,22)/t11-/m1/s1. The maximum absolute atomic E-state index is 13.7. The van der Waals surface area contributed by atoms with Crippen LogP contribution in [0.1, 0.15) is 24.2 Å². The Morgan fingerprint density at radius 2 is 1.83 bits per heavy atom. The molecule has 1 N–H and O–H groups in total. The highest BCUT2D eigenvalue weighted by Gasteiger charge is 2.17. The van der Waals surface area contributed by atoms with E-state index in [9.17, 15) is 14.0 Å². The van der Waals surface area contributed by atoms with Crippen molar-refractivity contribution in [1.82, 2.24) is 0 Å². The third-order valence-corrected chi connectivity index (χ3v) is 3.62. The van der Waals surface area contributed by atoms with E-state index in [2.05, 4.69) is 21.2 Å². The van der Waals surface area contributed by atoms with Crippen molar-refractivity contribution in [2.45, 2.75) is 20.0 Å². The zero-order valence-corrected chi connectivity index (χ0v) is 14.2. The number of halogens is 2. The molecular weight excluding hydrogens is 365 g/mol. The summed E-state index contributed by atoms with van der Waals surface area (Å²) >= 11 is 3.15. The number of anilines is 1. The molecule has 1 amide bonds. The number of carbonyl (C=O) groups is 2. The molecule has 0 radical (unpaired) electrons. The van der Waals surface area contributed by atoms with Crippen LogP contribution >= 0.6 is 15.9 Å². The van der Waals surface area contributed by atoms with Gasteiger partial charge in [-0.25, -0.2) is 4.39 Å². The van der Waals surface area contributed by atoms with Gasteiger partial charge in [0.25, 0.3) is 5.91 Å². The van der Waals surface area contributed by atoms with Crippen LogP contribution in [-0.2, 0) is 4.79 Å². The van der Waals surface area contributed by atoms with Crippen LogP contribution in [0.25, 0.3) is 0 Å². The highest BCUT2D eigenvalue weighted by molar-refractivity contribution is 9.10. The molecule has 6 heteroatoms. The quantitative estimate of drug-likeness (QED) is 0.792. The number of ether oxygens (including phenoxy) is 1. The normalized spacial score (nSPS) is 11.7. The smallest absolute Gasteiger partial charge is 0.265 e. The van der Waals surface area contributed by atoms with Crippen molar-refractivity contribution in [2.75, 3.05) is 5.32 Å². The van der Waals surface area contributed by atoms with Crippen molar-refractivity contribution in [3.8, 4) is 5.75 Å². The van der Waals surface area contributed by atoms with Gasteiger partial charge in [-0.15, -0.1) is 0 Å². The second-order valence-electron chi connectivity index (χ2n) is 4.96. The van der Waals surface area contributed by atoms with Gasteiger partial charge in [0.1, 0.15) is 0 Å². The molecule has 1 atom stereocenters. The van der Waals surface area contributed by atoms with E-state index in [-0.39, 0.29) is 11.5 Å². The van der Waals surface area contributed by atoms with Crippen LogP contribution in [0.2, 0.25) is 0 Å². The lowest BCUT2D eigenvalue weighted by molar-refractivity contribution is -0.122. The van der Waals surface area contributed by atoms with Crippen LogP contribution in [0.5, 0.6) is 5.75 Å². The highest BCUT2D eigenvalue weighted by atomic mass is 79.9. The third-order valence-electron chi connectivity index (χ3n) is 3.13. The molecule has 0 unspecified atom stereocenters. The van der Waals surface area contributed by atoms with Gasteiger partial charge >= 0.3 is 0 Å². The van der Waals surface area contributed by atoms with Crippen LogP contribution in [0.3, 0.4) is 0 Å². The summed E-state index contributed by atoms with van der Waals surface area (Å²) in [5, 5.41) is 2.65. The Hall–Kier alpha value is -2.21. The summed E-state index contributed by atoms with van der Waals surface area (Å²) in [6.07, 6.45) is -0.877. The maximum Gasteiger partial charge on any atom is 0.265 e. The predicted octanol–water partition coefficient (Wildman–Crippen LogP) is 4.20. The minimum absolute atomic E-state index is 0.00257. The summed E-state index contributed by atoms with van der Waals surface area (Å²) in [5.74, 6) is -1.01. The maximum atomic E-state index is 13.7. The topological polar surface area (TPSA) is 55.4 Å². The molecule has 0 spiro atoms. The average Bonchev–Trinajstić information content (AvgIpc) is 2.50. The van der Waals surface area contributed by atoms with Crippen LogP contribution in [0.15, 0.2) is 46.9 Å². The molecule has 0 saturated carbocycles.